The van der Waals surface area contributed by atoms with E-state index in [4.69, 9.17) is 9.40 Å². The van der Waals surface area contributed by atoms with Crippen LogP contribution in [0.5, 0.6) is 0 Å². The zero-order valence-corrected chi connectivity index (χ0v) is 15.9. The SMILES string of the molecule is c1ccc(-c2nc(SCc3cn4ccsc4n3)oc2-c2ccccc2)cc1. The van der Waals surface area contributed by atoms with Gasteiger partial charge in [-0.25, -0.2) is 9.97 Å². The summed E-state index contributed by atoms with van der Waals surface area (Å²) in [5.41, 5.74) is 3.97. The summed E-state index contributed by atoms with van der Waals surface area (Å²) in [6, 6.07) is 20.3. The second-order valence-corrected chi connectivity index (χ2v) is 7.80. The molecule has 3 heterocycles. The molecule has 3 aromatic heterocycles. The number of fused-ring (bicyclic) bond motifs is 1. The minimum absolute atomic E-state index is 0.657. The highest BCUT2D eigenvalue weighted by Gasteiger charge is 2.17. The van der Waals surface area contributed by atoms with Crippen LogP contribution < -0.4 is 0 Å². The van der Waals surface area contributed by atoms with E-state index in [2.05, 4.69) is 23.3 Å². The van der Waals surface area contributed by atoms with Gasteiger partial charge in [-0.2, -0.15) is 0 Å². The van der Waals surface area contributed by atoms with Gasteiger partial charge in [0.1, 0.15) is 5.69 Å². The molecule has 0 atom stereocenters. The summed E-state index contributed by atoms with van der Waals surface area (Å²) in [7, 11) is 0. The Morgan fingerprint density at radius 3 is 2.41 bits per heavy atom. The lowest BCUT2D eigenvalue weighted by Crippen LogP contribution is -1.82. The number of nitrogens with zero attached hydrogens (tertiary/aromatic N) is 3. The van der Waals surface area contributed by atoms with Crippen LogP contribution in [-0.4, -0.2) is 14.4 Å². The van der Waals surface area contributed by atoms with Crippen molar-refractivity contribution in [3.05, 3.63) is 84.1 Å². The molecule has 0 spiro atoms. The van der Waals surface area contributed by atoms with Crippen LogP contribution in [0.15, 0.2) is 88.1 Å². The summed E-state index contributed by atoms with van der Waals surface area (Å²) in [5.74, 6) is 1.52. The van der Waals surface area contributed by atoms with Crippen LogP contribution in [0.3, 0.4) is 0 Å². The molecule has 0 bridgehead atoms. The van der Waals surface area contributed by atoms with Gasteiger partial charge in [0, 0.05) is 34.7 Å². The first-order valence-electron chi connectivity index (χ1n) is 8.52. The monoisotopic (exact) mass is 389 g/mol. The number of hydrogen-bond acceptors (Lipinski definition) is 5. The molecule has 5 rings (SSSR count). The Bertz CT molecular complexity index is 1090. The maximum atomic E-state index is 6.15. The molecule has 0 unspecified atom stereocenters. The van der Waals surface area contributed by atoms with Crippen LogP contribution in [0, 0.1) is 0 Å². The van der Waals surface area contributed by atoms with Crippen LogP contribution in [0.1, 0.15) is 5.69 Å². The summed E-state index contributed by atoms with van der Waals surface area (Å²) in [5, 5.41) is 2.69. The molecule has 0 N–H and O–H groups in total. The molecule has 5 aromatic rings. The number of thioether (sulfide) groups is 1. The lowest BCUT2D eigenvalue weighted by molar-refractivity contribution is 0.466. The summed E-state index contributed by atoms with van der Waals surface area (Å²) in [6.07, 6.45) is 4.07. The molecule has 0 radical (unpaired) electrons. The number of benzene rings is 2. The Balaban J connectivity index is 1.47. The predicted octanol–water partition coefficient (Wildman–Crippen LogP) is 6.01. The lowest BCUT2D eigenvalue weighted by Gasteiger charge is -2.00. The third kappa shape index (κ3) is 3.29. The minimum Gasteiger partial charge on any atom is -0.431 e. The Morgan fingerprint density at radius 2 is 1.67 bits per heavy atom. The van der Waals surface area contributed by atoms with Crippen molar-refractivity contribution in [2.45, 2.75) is 11.0 Å². The highest BCUT2D eigenvalue weighted by molar-refractivity contribution is 7.98. The molecule has 2 aromatic carbocycles. The van der Waals surface area contributed by atoms with Crippen molar-refractivity contribution < 1.29 is 4.42 Å². The van der Waals surface area contributed by atoms with Crippen molar-refractivity contribution in [3.63, 3.8) is 0 Å². The van der Waals surface area contributed by atoms with Crippen molar-refractivity contribution in [2.24, 2.45) is 0 Å². The topological polar surface area (TPSA) is 43.3 Å². The largest absolute Gasteiger partial charge is 0.431 e. The van der Waals surface area contributed by atoms with Crippen molar-refractivity contribution in [1.82, 2.24) is 14.4 Å². The number of thiazole rings is 1. The van der Waals surface area contributed by atoms with Gasteiger partial charge in [0.05, 0.1) is 5.69 Å². The Labute approximate surface area is 164 Å². The molecule has 0 amide bonds. The van der Waals surface area contributed by atoms with E-state index >= 15 is 0 Å². The van der Waals surface area contributed by atoms with E-state index in [9.17, 15) is 0 Å². The predicted molar refractivity (Wildman–Crippen MR) is 110 cm³/mol. The van der Waals surface area contributed by atoms with Gasteiger partial charge in [-0.3, -0.25) is 4.40 Å². The second-order valence-electron chi connectivity index (χ2n) is 6.00. The van der Waals surface area contributed by atoms with E-state index < -0.39 is 0 Å². The zero-order valence-electron chi connectivity index (χ0n) is 14.3. The summed E-state index contributed by atoms with van der Waals surface area (Å²) in [4.78, 5) is 10.4. The molecule has 6 heteroatoms. The molecular weight excluding hydrogens is 374 g/mol. The maximum absolute atomic E-state index is 6.15. The fraction of sp³-hybridized carbons (Fsp3) is 0.0476. The fourth-order valence-corrected chi connectivity index (χ4v) is 4.35. The molecule has 27 heavy (non-hydrogen) atoms. The summed E-state index contributed by atoms with van der Waals surface area (Å²) < 4.78 is 8.20. The van der Waals surface area contributed by atoms with Gasteiger partial charge < -0.3 is 4.42 Å². The molecular formula is C21H15N3OS2. The molecule has 0 saturated heterocycles. The van der Waals surface area contributed by atoms with Crippen molar-refractivity contribution in [1.29, 1.82) is 0 Å². The molecule has 0 aliphatic heterocycles. The average molecular weight is 390 g/mol. The number of aromatic nitrogens is 3. The molecule has 0 fully saturated rings. The highest BCUT2D eigenvalue weighted by atomic mass is 32.2. The fourth-order valence-electron chi connectivity index (χ4n) is 2.92. The smallest absolute Gasteiger partial charge is 0.257 e. The second kappa shape index (κ2) is 7.06. The van der Waals surface area contributed by atoms with Gasteiger partial charge in [0.25, 0.3) is 5.22 Å². The first-order valence-corrected chi connectivity index (χ1v) is 10.4. The van der Waals surface area contributed by atoms with Crippen LogP contribution in [-0.2, 0) is 5.75 Å². The molecule has 132 valence electrons. The van der Waals surface area contributed by atoms with E-state index in [0.29, 0.717) is 5.22 Å². The first kappa shape index (κ1) is 16.4. The van der Waals surface area contributed by atoms with Crippen LogP contribution in [0.25, 0.3) is 27.5 Å². The zero-order chi connectivity index (χ0) is 18.1. The first-order chi connectivity index (χ1) is 13.4. The van der Waals surface area contributed by atoms with Gasteiger partial charge in [-0.1, -0.05) is 72.4 Å². The summed E-state index contributed by atoms with van der Waals surface area (Å²) in [6.45, 7) is 0. The van der Waals surface area contributed by atoms with Crippen molar-refractivity contribution in [3.8, 4) is 22.6 Å². The maximum Gasteiger partial charge on any atom is 0.257 e. The molecule has 0 saturated carbocycles. The van der Waals surface area contributed by atoms with Crippen molar-refractivity contribution in [2.75, 3.05) is 0 Å². The van der Waals surface area contributed by atoms with E-state index in [0.717, 1.165) is 39.0 Å². The number of oxazole rings is 1. The Morgan fingerprint density at radius 1 is 0.926 bits per heavy atom. The van der Waals surface area contributed by atoms with Gasteiger partial charge >= 0.3 is 0 Å². The van der Waals surface area contributed by atoms with Gasteiger partial charge in [0.15, 0.2) is 10.7 Å². The van der Waals surface area contributed by atoms with Crippen LogP contribution in [0.2, 0.25) is 0 Å². The average Bonchev–Trinajstić information content (AvgIpc) is 3.42. The standard InChI is InChI=1S/C21H15N3OS2/c1-3-7-15(8-4-1)18-19(16-9-5-2-6-10-16)25-21(23-18)27-14-17-13-24-11-12-26-20(24)22-17/h1-13H,14H2. The molecule has 0 aliphatic carbocycles. The summed E-state index contributed by atoms with van der Waals surface area (Å²) >= 11 is 3.20. The number of rotatable bonds is 5. The van der Waals surface area contributed by atoms with E-state index in [1.165, 1.54) is 0 Å². The molecule has 4 nitrogen and oxygen atoms in total. The van der Waals surface area contributed by atoms with Gasteiger partial charge in [-0.05, 0) is 0 Å². The minimum atomic E-state index is 0.657. The van der Waals surface area contributed by atoms with Gasteiger partial charge in [0.2, 0.25) is 0 Å². The Hall–Kier alpha value is -2.83. The van der Waals surface area contributed by atoms with E-state index in [-0.39, 0.29) is 0 Å². The number of imidazole rings is 1. The van der Waals surface area contributed by atoms with Crippen LogP contribution in [0.4, 0.5) is 0 Å². The number of hydrogen-bond donors (Lipinski definition) is 0. The third-order valence-corrected chi connectivity index (χ3v) is 5.81. The quantitative estimate of drug-likeness (QED) is 0.345. The van der Waals surface area contributed by atoms with Gasteiger partial charge in [-0.15, -0.1) is 11.3 Å². The third-order valence-electron chi connectivity index (χ3n) is 4.18. The Kier molecular flexibility index (Phi) is 4.27. The lowest BCUT2D eigenvalue weighted by atomic mass is 10.1. The van der Waals surface area contributed by atoms with E-state index in [1.807, 2.05) is 64.5 Å². The van der Waals surface area contributed by atoms with Crippen LogP contribution >= 0.6 is 23.1 Å². The highest BCUT2D eigenvalue weighted by Crippen LogP contribution is 2.36. The van der Waals surface area contributed by atoms with E-state index in [1.54, 1.807) is 23.1 Å². The molecule has 0 aliphatic rings. The van der Waals surface area contributed by atoms with Crippen molar-refractivity contribution >= 4 is 28.1 Å². The normalized spacial score (nSPS) is 11.3.